The maximum absolute atomic E-state index is 14.1. The van der Waals surface area contributed by atoms with Gasteiger partial charge in [-0.1, -0.05) is 86.5 Å². The van der Waals surface area contributed by atoms with Crippen LogP contribution in [-0.2, 0) is 26.2 Å². The minimum atomic E-state index is -4.15. The summed E-state index contributed by atoms with van der Waals surface area (Å²) in [4.78, 5) is 28.8. The summed E-state index contributed by atoms with van der Waals surface area (Å²) in [6, 6.07) is 19.9. The second kappa shape index (κ2) is 13.8. The maximum atomic E-state index is 14.1. The number of amides is 2. The van der Waals surface area contributed by atoms with Crippen LogP contribution in [0.25, 0.3) is 0 Å². The van der Waals surface area contributed by atoms with Crippen molar-refractivity contribution in [3.63, 3.8) is 0 Å². The average Bonchev–Trinajstić information content (AvgIpc) is 2.92. The summed E-state index contributed by atoms with van der Waals surface area (Å²) in [5.74, 6) is -0.532. The van der Waals surface area contributed by atoms with Crippen molar-refractivity contribution in [2.75, 3.05) is 17.4 Å². The van der Waals surface area contributed by atoms with Gasteiger partial charge in [0.05, 0.1) is 10.6 Å². The molecule has 214 valence electrons. The SMILES string of the molecule is CC[C@H](C(=O)NCC(C)C)N(Cc1ccccc1)C(=O)CN(c1ccc(C)c(Cl)c1)S(=O)(=O)c1ccc(C)cc1. The third-order valence-corrected chi connectivity index (χ3v) is 8.79. The highest BCUT2D eigenvalue weighted by atomic mass is 35.5. The van der Waals surface area contributed by atoms with Crippen molar-refractivity contribution in [3.8, 4) is 0 Å². The van der Waals surface area contributed by atoms with Crippen LogP contribution in [0, 0.1) is 19.8 Å². The lowest BCUT2D eigenvalue weighted by Gasteiger charge is -2.33. The Morgan fingerprint density at radius 2 is 1.60 bits per heavy atom. The van der Waals surface area contributed by atoms with Gasteiger partial charge < -0.3 is 10.2 Å². The number of rotatable bonds is 12. The molecule has 0 saturated carbocycles. The van der Waals surface area contributed by atoms with E-state index in [9.17, 15) is 18.0 Å². The van der Waals surface area contributed by atoms with Gasteiger partial charge in [-0.25, -0.2) is 8.42 Å². The number of sulfonamides is 1. The summed E-state index contributed by atoms with van der Waals surface area (Å²) >= 11 is 6.39. The van der Waals surface area contributed by atoms with Gasteiger partial charge in [-0.15, -0.1) is 0 Å². The van der Waals surface area contributed by atoms with E-state index in [4.69, 9.17) is 11.6 Å². The Balaban J connectivity index is 2.05. The lowest BCUT2D eigenvalue weighted by molar-refractivity contribution is -0.140. The van der Waals surface area contributed by atoms with Crippen LogP contribution in [-0.4, -0.2) is 44.3 Å². The average molecular weight is 584 g/mol. The quantitative estimate of drug-likeness (QED) is 0.295. The molecule has 0 aliphatic rings. The van der Waals surface area contributed by atoms with E-state index in [0.717, 1.165) is 21.0 Å². The Kier molecular flexibility index (Phi) is 10.8. The number of halogens is 1. The van der Waals surface area contributed by atoms with Crippen LogP contribution in [0.2, 0.25) is 5.02 Å². The lowest BCUT2D eigenvalue weighted by atomic mass is 10.1. The molecule has 0 aromatic heterocycles. The summed E-state index contributed by atoms with van der Waals surface area (Å²) < 4.78 is 29.0. The number of nitrogens with zero attached hydrogens (tertiary/aromatic N) is 2. The minimum Gasteiger partial charge on any atom is -0.354 e. The van der Waals surface area contributed by atoms with Crippen molar-refractivity contribution < 1.29 is 18.0 Å². The van der Waals surface area contributed by atoms with E-state index in [1.54, 1.807) is 30.3 Å². The Labute approximate surface area is 243 Å². The van der Waals surface area contributed by atoms with Crippen LogP contribution in [0.3, 0.4) is 0 Å². The topological polar surface area (TPSA) is 86.8 Å². The van der Waals surface area contributed by atoms with E-state index < -0.39 is 28.5 Å². The van der Waals surface area contributed by atoms with Crippen molar-refractivity contribution in [1.29, 1.82) is 0 Å². The van der Waals surface area contributed by atoms with E-state index in [2.05, 4.69) is 5.32 Å². The number of anilines is 1. The number of aryl methyl sites for hydroxylation is 2. The van der Waals surface area contributed by atoms with E-state index in [0.29, 0.717) is 18.0 Å². The molecule has 0 spiro atoms. The lowest BCUT2D eigenvalue weighted by Crippen LogP contribution is -2.52. The molecule has 0 aliphatic carbocycles. The molecule has 0 saturated heterocycles. The number of hydrogen-bond acceptors (Lipinski definition) is 4. The van der Waals surface area contributed by atoms with Crippen LogP contribution in [0.5, 0.6) is 0 Å². The molecule has 0 bridgehead atoms. The molecule has 3 aromatic carbocycles. The van der Waals surface area contributed by atoms with Gasteiger partial charge in [0.15, 0.2) is 0 Å². The zero-order valence-electron chi connectivity index (χ0n) is 23.7. The molecule has 0 unspecified atom stereocenters. The van der Waals surface area contributed by atoms with Gasteiger partial charge in [-0.3, -0.25) is 13.9 Å². The Bertz CT molecular complexity index is 1410. The Morgan fingerprint density at radius 3 is 2.17 bits per heavy atom. The highest BCUT2D eigenvalue weighted by Crippen LogP contribution is 2.29. The van der Waals surface area contributed by atoms with Crippen LogP contribution in [0.4, 0.5) is 5.69 Å². The number of hydrogen-bond donors (Lipinski definition) is 1. The van der Waals surface area contributed by atoms with Crippen molar-refractivity contribution in [1.82, 2.24) is 10.2 Å². The summed E-state index contributed by atoms with van der Waals surface area (Å²) in [6.45, 7) is 9.64. The molecule has 0 radical (unpaired) electrons. The standard InChI is InChI=1S/C31H38ClN3O4S/c1-6-29(31(37)33-19-22(2)3)34(20-25-10-8-7-9-11-25)30(36)21-35(26-15-14-24(5)28(32)18-26)40(38,39)27-16-12-23(4)13-17-27/h7-18,22,29H,6,19-21H2,1-5H3,(H,33,37)/t29-/m1/s1. The second-order valence-corrected chi connectivity index (χ2v) is 12.6. The third-order valence-electron chi connectivity index (χ3n) is 6.60. The van der Waals surface area contributed by atoms with Gasteiger partial charge in [0.25, 0.3) is 10.0 Å². The van der Waals surface area contributed by atoms with Gasteiger partial charge in [0.1, 0.15) is 12.6 Å². The van der Waals surface area contributed by atoms with Crippen molar-refractivity contribution in [2.45, 2.75) is 58.5 Å². The molecule has 7 nitrogen and oxygen atoms in total. The number of carbonyl (C=O) groups excluding carboxylic acids is 2. The van der Waals surface area contributed by atoms with E-state index >= 15 is 0 Å². The van der Waals surface area contributed by atoms with Crippen LogP contribution < -0.4 is 9.62 Å². The number of benzene rings is 3. The van der Waals surface area contributed by atoms with Gasteiger partial charge >= 0.3 is 0 Å². The minimum absolute atomic E-state index is 0.0546. The normalized spacial score (nSPS) is 12.2. The molecule has 9 heteroatoms. The highest BCUT2D eigenvalue weighted by molar-refractivity contribution is 7.92. The van der Waals surface area contributed by atoms with Crippen molar-refractivity contribution in [3.05, 3.63) is 94.5 Å². The first kappa shape index (κ1) is 31.2. The molecule has 3 aromatic rings. The summed E-state index contributed by atoms with van der Waals surface area (Å²) in [6.07, 6.45) is 0.365. The fourth-order valence-electron chi connectivity index (χ4n) is 4.23. The molecular weight excluding hydrogens is 546 g/mol. The largest absolute Gasteiger partial charge is 0.354 e. The Hall–Kier alpha value is -3.36. The first-order chi connectivity index (χ1) is 18.9. The molecule has 2 amide bonds. The monoisotopic (exact) mass is 583 g/mol. The van der Waals surface area contributed by atoms with Crippen molar-refractivity contribution in [2.24, 2.45) is 5.92 Å². The van der Waals surface area contributed by atoms with Crippen LogP contribution in [0.15, 0.2) is 77.7 Å². The summed E-state index contributed by atoms with van der Waals surface area (Å²) in [7, 11) is -4.15. The highest BCUT2D eigenvalue weighted by Gasteiger charge is 2.33. The molecule has 0 aliphatic heterocycles. The Morgan fingerprint density at radius 1 is 0.950 bits per heavy atom. The molecule has 0 heterocycles. The van der Waals surface area contributed by atoms with E-state index in [-0.39, 0.29) is 29.0 Å². The molecule has 0 fully saturated rings. The van der Waals surface area contributed by atoms with E-state index in [1.165, 1.54) is 17.0 Å². The van der Waals surface area contributed by atoms with Gasteiger partial charge in [0.2, 0.25) is 11.8 Å². The molecular formula is C31H38ClN3O4S. The van der Waals surface area contributed by atoms with E-state index in [1.807, 2.05) is 65.0 Å². The van der Waals surface area contributed by atoms with Gasteiger partial charge in [-0.2, -0.15) is 0 Å². The third kappa shape index (κ3) is 7.86. The molecule has 40 heavy (non-hydrogen) atoms. The predicted octanol–water partition coefficient (Wildman–Crippen LogP) is 5.73. The molecule has 1 N–H and O–H groups in total. The molecule has 3 rings (SSSR count). The van der Waals surface area contributed by atoms with Crippen molar-refractivity contribution >= 4 is 39.1 Å². The summed E-state index contributed by atoms with van der Waals surface area (Å²) in [5, 5.41) is 3.32. The van der Waals surface area contributed by atoms with Crippen LogP contribution in [0.1, 0.15) is 43.9 Å². The number of nitrogens with one attached hydrogen (secondary N) is 1. The second-order valence-electron chi connectivity index (χ2n) is 10.3. The van der Waals surface area contributed by atoms with Gasteiger partial charge in [0, 0.05) is 18.1 Å². The first-order valence-corrected chi connectivity index (χ1v) is 15.2. The maximum Gasteiger partial charge on any atom is 0.264 e. The van der Waals surface area contributed by atoms with Crippen LogP contribution >= 0.6 is 11.6 Å². The molecule has 1 atom stereocenters. The zero-order valence-corrected chi connectivity index (χ0v) is 25.3. The zero-order chi connectivity index (χ0) is 29.4. The predicted molar refractivity (Wildman–Crippen MR) is 161 cm³/mol. The fourth-order valence-corrected chi connectivity index (χ4v) is 5.81. The summed E-state index contributed by atoms with van der Waals surface area (Å²) in [5.41, 5.74) is 2.79. The van der Waals surface area contributed by atoms with Gasteiger partial charge in [-0.05, 0) is 61.6 Å². The fraction of sp³-hybridized carbons (Fsp3) is 0.355. The first-order valence-electron chi connectivity index (χ1n) is 13.4. The smallest absolute Gasteiger partial charge is 0.264 e. The number of carbonyl (C=O) groups is 2.